The van der Waals surface area contributed by atoms with E-state index in [1.54, 1.807) is 0 Å². The number of nitrogens with one attached hydrogen (secondary N) is 1. The lowest BCUT2D eigenvalue weighted by molar-refractivity contribution is -0.215. The van der Waals surface area contributed by atoms with Crippen LogP contribution in [0, 0.1) is 0 Å². The Balaban J connectivity index is 3.04. The Labute approximate surface area is 172 Å². The lowest BCUT2D eigenvalue weighted by atomic mass is 9.79. The van der Waals surface area contributed by atoms with E-state index >= 15 is 0 Å². The second-order valence-electron chi connectivity index (χ2n) is 6.38. The van der Waals surface area contributed by atoms with E-state index in [0.717, 1.165) is 27.0 Å². The number of H-pyrrole nitrogens is 1. The fourth-order valence-corrected chi connectivity index (χ4v) is 3.79. The van der Waals surface area contributed by atoms with E-state index in [-0.39, 0.29) is 5.56 Å². The molecule has 12 heteroatoms. The summed E-state index contributed by atoms with van der Waals surface area (Å²) in [7, 11) is 0. The summed E-state index contributed by atoms with van der Waals surface area (Å²) in [5.74, 6) is -3.06. The van der Waals surface area contributed by atoms with Gasteiger partial charge in [-0.05, 0) is 24.9 Å². The van der Waals surface area contributed by atoms with Crippen molar-refractivity contribution in [2.45, 2.75) is 44.3 Å². The van der Waals surface area contributed by atoms with Gasteiger partial charge in [-0.2, -0.15) is 0 Å². The van der Waals surface area contributed by atoms with Gasteiger partial charge < -0.3 is 19.7 Å². The fourth-order valence-electron chi connectivity index (χ4n) is 3.50. The maximum atomic E-state index is 12.8. The molecule has 1 fully saturated rings. The first-order valence-electron chi connectivity index (χ1n) is 8.31. The summed E-state index contributed by atoms with van der Waals surface area (Å²) in [4.78, 5) is 65.3. The molecule has 1 saturated heterocycles. The Morgan fingerprint density at radius 2 is 1.93 bits per heavy atom. The molecular weight excluding hydrogens is 456 g/mol. The molecule has 0 radical (unpaired) electrons. The fraction of sp³-hybridized carbons (Fsp3) is 0.471. The molecule has 0 spiro atoms. The van der Waals surface area contributed by atoms with Crippen LogP contribution in [-0.4, -0.2) is 61.7 Å². The Bertz CT molecular complexity index is 997. The summed E-state index contributed by atoms with van der Waals surface area (Å²) in [6, 6.07) is 0. The minimum Gasteiger partial charge on any atom is -0.442 e. The molecule has 0 aromatic carbocycles. The predicted octanol–water partition coefficient (Wildman–Crippen LogP) is -1.21. The van der Waals surface area contributed by atoms with Crippen molar-refractivity contribution in [1.82, 2.24) is 9.55 Å². The summed E-state index contributed by atoms with van der Waals surface area (Å²) in [5.41, 5.74) is -7.48. The molecular formula is C17H19BrN2O9. The van der Waals surface area contributed by atoms with Crippen LogP contribution in [0.3, 0.4) is 0 Å². The van der Waals surface area contributed by atoms with Crippen LogP contribution in [0.2, 0.25) is 0 Å². The smallest absolute Gasteiger partial charge is 0.331 e. The van der Waals surface area contributed by atoms with Crippen molar-refractivity contribution in [2.75, 3.05) is 6.61 Å². The minimum absolute atomic E-state index is 0.118. The molecule has 4 atom stereocenters. The van der Waals surface area contributed by atoms with E-state index in [4.69, 9.17) is 9.47 Å². The first-order chi connectivity index (χ1) is 13.5. The van der Waals surface area contributed by atoms with E-state index in [9.17, 15) is 34.2 Å². The summed E-state index contributed by atoms with van der Waals surface area (Å²) >= 11 is 2.98. The number of Topliss-reactive ketones (excluding diaryl/α,β-unsaturated/α-hetero) is 2. The number of aliphatic hydroxyl groups is 2. The van der Waals surface area contributed by atoms with Crippen LogP contribution >= 0.6 is 15.9 Å². The zero-order chi connectivity index (χ0) is 22.1. The Morgan fingerprint density at radius 1 is 1.31 bits per heavy atom. The number of hydrogen-bond donors (Lipinski definition) is 3. The molecule has 1 aromatic rings. The van der Waals surface area contributed by atoms with Crippen molar-refractivity contribution < 1.29 is 34.1 Å². The van der Waals surface area contributed by atoms with E-state index in [1.165, 1.54) is 11.1 Å². The average Bonchev–Trinajstić information content (AvgIpc) is 2.87. The van der Waals surface area contributed by atoms with Gasteiger partial charge in [-0.15, -0.1) is 0 Å². The number of ether oxygens (including phenoxy) is 2. The normalized spacial score (nSPS) is 29.2. The molecule has 2 heterocycles. The molecule has 3 N–H and O–H groups in total. The van der Waals surface area contributed by atoms with Crippen molar-refractivity contribution in [1.29, 1.82) is 0 Å². The highest BCUT2D eigenvalue weighted by molar-refractivity contribution is 9.11. The highest BCUT2D eigenvalue weighted by Crippen LogP contribution is 2.47. The van der Waals surface area contributed by atoms with Crippen LogP contribution in [0.4, 0.5) is 0 Å². The number of hydrogen-bond acceptors (Lipinski definition) is 9. The molecule has 0 saturated carbocycles. The third-order valence-electron chi connectivity index (χ3n) is 4.63. The van der Waals surface area contributed by atoms with E-state index < -0.39 is 58.9 Å². The van der Waals surface area contributed by atoms with Gasteiger partial charge in [-0.25, -0.2) is 4.79 Å². The highest BCUT2D eigenvalue weighted by atomic mass is 79.9. The van der Waals surface area contributed by atoms with Gasteiger partial charge in [0.1, 0.15) is 12.2 Å². The number of aliphatic hydroxyl groups excluding tert-OH is 2. The van der Waals surface area contributed by atoms with Gasteiger partial charge in [0.15, 0.2) is 11.6 Å². The number of aromatic nitrogens is 2. The van der Waals surface area contributed by atoms with Crippen molar-refractivity contribution in [3.05, 3.63) is 37.6 Å². The Morgan fingerprint density at radius 3 is 2.38 bits per heavy atom. The van der Waals surface area contributed by atoms with Crippen molar-refractivity contribution >= 4 is 39.5 Å². The van der Waals surface area contributed by atoms with Crippen LogP contribution in [0.15, 0.2) is 20.8 Å². The molecule has 1 aromatic heterocycles. The van der Waals surface area contributed by atoms with E-state index in [0.29, 0.717) is 4.57 Å². The maximum absolute atomic E-state index is 12.8. The van der Waals surface area contributed by atoms with Crippen LogP contribution in [0.1, 0.15) is 26.3 Å². The first kappa shape index (κ1) is 22.9. The molecule has 158 valence electrons. The Kier molecular flexibility index (Phi) is 6.42. The molecule has 0 aliphatic carbocycles. The summed E-state index contributed by atoms with van der Waals surface area (Å²) in [6.07, 6.45) is -1.38. The van der Waals surface area contributed by atoms with Crippen LogP contribution in [0.5, 0.6) is 0 Å². The average molecular weight is 475 g/mol. The lowest BCUT2D eigenvalue weighted by Crippen LogP contribution is -2.69. The number of carbonyl (C=O) groups excluding carboxylic acids is 3. The minimum atomic E-state index is -2.70. The largest absolute Gasteiger partial charge is 0.442 e. The number of nitrogens with zero attached hydrogens (tertiary/aromatic N) is 1. The zero-order valence-corrected chi connectivity index (χ0v) is 17.3. The number of halogens is 1. The topological polar surface area (TPSA) is 165 Å². The SMILES string of the molecule is CC(=O)O[C@]1(C(C)=O)[C@H](O)[C@@H](CO)O[C@@]1(C(C)=O)n1cc(C=CBr)c(=O)[nH]c1=O. The third-order valence-corrected chi connectivity index (χ3v) is 4.89. The second-order valence-corrected chi connectivity index (χ2v) is 6.90. The maximum Gasteiger partial charge on any atom is 0.331 e. The van der Waals surface area contributed by atoms with Gasteiger partial charge >= 0.3 is 11.7 Å². The molecule has 0 unspecified atom stereocenters. The predicted molar refractivity (Wildman–Crippen MR) is 101 cm³/mol. The van der Waals surface area contributed by atoms with Gasteiger partial charge in [0.2, 0.25) is 0 Å². The molecule has 1 aliphatic rings. The first-order valence-corrected chi connectivity index (χ1v) is 9.22. The van der Waals surface area contributed by atoms with Crippen molar-refractivity contribution in [2.24, 2.45) is 0 Å². The van der Waals surface area contributed by atoms with Crippen LogP contribution in [-0.2, 0) is 29.6 Å². The zero-order valence-electron chi connectivity index (χ0n) is 15.7. The quantitative estimate of drug-likeness (QED) is 0.428. The van der Waals surface area contributed by atoms with E-state index in [2.05, 4.69) is 15.9 Å². The van der Waals surface area contributed by atoms with Gasteiger partial charge in [0, 0.05) is 13.1 Å². The Hall–Kier alpha value is -2.41. The summed E-state index contributed by atoms with van der Waals surface area (Å²) < 4.78 is 11.3. The van der Waals surface area contributed by atoms with Gasteiger partial charge in [0.05, 0.1) is 12.2 Å². The summed E-state index contributed by atoms with van der Waals surface area (Å²) in [5, 5.41) is 20.3. The standard InChI is InChI=1S/C17H19BrN2O9/c1-8(22)16(28-10(3)24)13(25)12(7-21)29-17(16,9(2)23)20-6-11(4-5-18)14(26)19-15(20)27/h4-6,12-13,21,25H,7H2,1-3H3,(H,19,26,27)/t12-,13-,16-,17-/m1/s1. The van der Waals surface area contributed by atoms with Crippen LogP contribution in [0.25, 0.3) is 6.08 Å². The molecule has 0 amide bonds. The number of aromatic amines is 1. The third kappa shape index (κ3) is 3.31. The van der Waals surface area contributed by atoms with Crippen LogP contribution < -0.4 is 11.2 Å². The molecule has 1 aliphatic heterocycles. The lowest BCUT2D eigenvalue weighted by Gasteiger charge is -2.41. The number of carbonyl (C=O) groups is 3. The number of rotatable bonds is 6. The number of esters is 1. The van der Waals surface area contributed by atoms with Gasteiger partial charge in [0.25, 0.3) is 16.9 Å². The number of ketones is 2. The molecule has 0 bridgehead atoms. The van der Waals surface area contributed by atoms with Gasteiger partial charge in [-0.3, -0.25) is 28.7 Å². The van der Waals surface area contributed by atoms with Crippen molar-refractivity contribution in [3.63, 3.8) is 0 Å². The van der Waals surface area contributed by atoms with Gasteiger partial charge in [-0.1, -0.05) is 15.9 Å². The highest BCUT2D eigenvalue weighted by Gasteiger charge is 2.75. The monoisotopic (exact) mass is 474 g/mol. The van der Waals surface area contributed by atoms with Crippen molar-refractivity contribution in [3.8, 4) is 0 Å². The molecule has 2 rings (SSSR count). The molecule has 11 nitrogen and oxygen atoms in total. The second kappa shape index (κ2) is 8.14. The molecule has 29 heavy (non-hydrogen) atoms. The van der Waals surface area contributed by atoms with E-state index in [1.807, 2.05) is 4.98 Å². The summed E-state index contributed by atoms with van der Waals surface area (Å²) in [6.45, 7) is 1.95.